The number of nitrogens with one attached hydrogen (secondary N) is 2. The van der Waals surface area contributed by atoms with Crippen molar-refractivity contribution in [3.05, 3.63) is 35.4 Å². The van der Waals surface area contributed by atoms with Gasteiger partial charge in [-0.15, -0.1) is 0 Å². The van der Waals surface area contributed by atoms with Crippen molar-refractivity contribution in [3.63, 3.8) is 0 Å². The van der Waals surface area contributed by atoms with Gasteiger partial charge >= 0.3 is 6.03 Å². The molecule has 1 aromatic carbocycles. The second-order valence-electron chi connectivity index (χ2n) is 5.62. The van der Waals surface area contributed by atoms with Crippen LogP contribution in [-0.2, 0) is 4.79 Å². The Hall–Kier alpha value is -2.18. The lowest BCUT2D eigenvalue weighted by atomic mass is 10.1. The SMILES string of the molecule is CCCNC(=O)CN(CCC)C(=O)N[C@@H](C)c1ccc(F)c(F)c1. The van der Waals surface area contributed by atoms with Crippen LogP contribution in [0.25, 0.3) is 0 Å². The third-order valence-electron chi connectivity index (χ3n) is 3.47. The first-order valence-corrected chi connectivity index (χ1v) is 8.16. The summed E-state index contributed by atoms with van der Waals surface area (Å²) in [7, 11) is 0. The molecule has 1 aromatic rings. The number of carbonyl (C=O) groups excluding carboxylic acids is 2. The Morgan fingerprint density at radius 3 is 2.46 bits per heavy atom. The molecule has 0 fully saturated rings. The molecule has 0 aliphatic heterocycles. The van der Waals surface area contributed by atoms with E-state index in [9.17, 15) is 18.4 Å². The van der Waals surface area contributed by atoms with Crippen LogP contribution in [0.1, 0.15) is 45.2 Å². The van der Waals surface area contributed by atoms with Gasteiger partial charge in [-0.3, -0.25) is 4.79 Å². The highest BCUT2D eigenvalue weighted by atomic mass is 19.2. The van der Waals surface area contributed by atoms with Gasteiger partial charge < -0.3 is 15.5 Å². The van der Waals surface area contributed by atoms with Gasteiger partial charge in [-0.2, -0.15) is 0 Å². The van der Waals surface area contributed by atoms with Crippen molar-refractivity contribution >= 4 is 11.9 Å². The minimum atomic E-state index is -0.960. The molecule has 134 valence electrons. The van der Waals surface area contributed by atoms with Gasteiger partial charge in [0.05, 0.1) is 6.04 Å². The van der Waals surface area contributed by atoms with Gasteiger partial charge in [0.15, 0.2) is 11.6 Å². The third kappa shape index (κ3) is 6.14. The first-order chi connectivity index (χ1) is 11.4. The number of rotatable bonds is 8. The highest BCUT2D eigenvalue weighted by Crippen LogP contribution is 2.16. The van der Waals surface area contributed by atoms with Crippen LogP contribution in [0.5, 0.6) is 0 Å². The topological polar surface area (TPSA) is 61.4 Å². The van der Waals surface area contributed by atoms with Gasteiger partial charge in [-0.05, 0) is 37.5 Å². The Kier molecular flexibility index (Phi) is 8.15. The molecule has 0 radical (unpaired) electrons. The largest absolute Gasteiger partial charge is 0.355 e. The van der Waals surface area contributed by atoms with Gasteiger partial charge in [-0.1, -0.05) is 19.9 Å². The average Bonchev–Trinajstić information content (AvgIpc) is 2.54. The minimum absolute atomic E-state index is 0.0375. The predicted octanol–water partition coefficient (Wildman–Crippen LogP) is 2.97. The van der Waals surface area contributed by atoms with Crippen LogP contribution >= 0.6 is 0 Å². The van der Waals surface area contributed by atoms with Crippen LogP contribution in [0.4, 0.5) is 13.6 Å². The van der Waals surface area contributed by atoms with Crippen molar-refractivity contribution in [1.82, 2.24) is 15.5 Å². The van der Waals surface area contributed by atoms with Crippen molar-refractivity contribution in [2.24, 2.45) is 0 Å². The number of urea groups is 1. The summed E-state index contributed by atoms with van der Waals surface area (Å²) in [4.78, 5) is 25.6. The zero-order chi connectivity index (χ0) is 18.1. The minimum Gasteiger partial charge on any atom is -0.355 e. The van der Waals surface area contributed by atoms with Gasteiger partial charge in [0.25, 0.3) is 0 Å². The lowest BCUT2D eigenvalue weighted by Crippen LogP contribution is -2.46. The molecule has 1 atom stereocenters. The summed E-state index contributed by atoms with van der Waals surface area (Å²) in [5.41, 5.74) is 0.453. The van der Waals surface area contributed by atoms with E-state index in [1.54, 1.807) is 6.92 Å². The summed E-state index contributed by atoms with van der Waals surface area (Å²) in [6, 6.07) is 2.57. The van der Waals surface area contributed by atoms with E-state index in [4.69, 9.17) is 0 Å². The first-order valence-electron chi connectivity index (χ1n) is 8.16. The fourth-order valence-electron chi connectivity index (χ4n) is 2.16. The molecule has 7 heteroatoms. The molecule has 0 spiro atoms. The van der Waals surface area contributed by atoms with Crippen molar-refractivity contribution in [3.8, 4) is 0 Å². The van der Waals surface area contributed by atoms with E-state index in [0.717, 1.165) is 18.6 Å². The van der Waals surface area contributed by atoms with E-state index >= 15 is 0 Å². The van der Waals surface area contributed by atoms with Crippen molar-refractivity contribution in [2.75, 3.05) is 19.6 Å². The number of nitrogens with zero attached hydrogens (tertiary/aromatic N) is 1. The molecule has 0 aliphatic carbocycles. The fourth-order valence-corrected chi connectivity index (χ4v) is 2.16. The molecule has 3 amide bonds. The van der Waals surface area contributed by atoms with E-state index in [2.05, 4.69) is 10.6 Å². The highest BCUT2D eigenvalue weighted by molar-refractivity contribution is 5.84. The molecular weight excluding hydrogens is 316 g/mol. The van der Waals surface area contributed by atoms with Crippen molar-refractivity contribution in [2.45, 2.75) is 39.7 Å². The maximum absolute atomic E-state index is 13.3. The quantitative estimate of drug-likeness (QED) is 0.764. The summed E-state index contributed by atoms with van der Waals surface area (Å²) >= 11 is 0. The molecular formula is C17H25F2N3O2. The van der Waals surface area contributed by atoms with Crippen LogP contribution in [0.2, 0.25) is 0 Å². The Labute approximate surface area is 141 Å². The molecule has 0 heterocycles. The van der Waals surface area contributed by atoms with E-state index in [1.165, 1.54) is 11.0 Å². The Bertz CT molecular complexity index is 567. The lowest BCUT2D eigenvalue weighted by molar-refractivity contribution is -0.121. The van der Waals surface area contributed by atoms with E-state index in [0.29, 0.717) is 25.1 Å². The number of carbonyl (C=O) groups is 2. The molecule has 0 aliphatic rings. The van der Waals surface area contributed by atoms with E-state index in [1.807, 2.05) is 13.8 Å². The van der Waals surface area contributed by atoms with Gasteiger partial charge in [-0.25, -0.2) is 13.6 Å². The molecule has 24 heavy (non-hydrogen) atoms. The molecule has 5 nitrogen and oxygen atoms in total. The maximum Gasteiger partial charge on any atom is 0.318 e. The summed E-state index contributed by atoms with van der Waals surface area (Å²) in [5, 5.41) is 5.43. The van der Waals surface area contributed by atoms with Crippen LogP contribution in [-0.4, -0.2) is 36.5 Å². The Balaban J connectivity index is 2.69. The number of hydrogen-bond acceptors (Lipinski definition) is 2. The molecule has 0 saturated carbocycles. The Morgan fingerprint density at radius 1 is 1.17 bits per heavy atom. The highest BCUT2D eigenvalue weighted by Gasteiger charge is 2.19. The van der Waals surface area contributed by atoms with Crippen LogP contribution in [0.15, 0.2) is 18.2 Å². The Morgan fingerprint density at radius 2 is 1.88 bits per heavy atom. The van der Waals surface area contributed by atoms with E-state index < -0.39 is 23.7 Å². The first kappa shape index (κ1) is 19.9. The standard InChI is InChI=1S/C17H25F2N3O2/c1-4-8-20-16(23)11-22(9-5-2)17(24)21-12(3)13-6-7-14(18)15(19)10-13/h6-7,10,12H,4-5,8-9,11H2,1-3H3,(H,20,23)(H,21,24)/t12-/m0/s1. The zero-order valence-corrected chi connectivity index (χ0v) is 14.4. The van der Waals surface area contributed by atoms with Gasteiger partial charge in [0.1, 0.15) is 6.54 Å². The summed E-state index contributed by atoms with van der Waals surface area (Å²) in [6.45, 7) is 6.47. The molecule has 2 N–H and O–H groups in total. The van der Waals surface area contributed by atoms with Crippen LogP contribution in [0, 0.1) is 11.6 Å². The summed E-state index contributed by atoms with van der Waals surface area (Å²) in [5.74, 6) is -2.11. The van der Waals surface area contributed by atoms with Gasteiger partial charge in [0.2, 0.25) is 5.91 Å². The number of benzene rings is 1. The monoisotopic (exact) mass is 341 g/mol. The normalized spacial score (nSPS) is 11.7. The summed E-state index contributed by atoms with van der Waals surface area (Å²) < 4.78 is 26.3. The molecule has 1 rings (SSSR count). The van der Waals surface area contributed by atoms with Gasteiger partial charge in [0, 0.05) is 13.1 Å². The second kappa shape index (κ2) is 9.85. The number of amides is 3. The number of halogens is 2. The number of hydrogen-bond donors (Lipinski definition) is 2. The zero-order valence-electron chi connectivity index (χ0n) is 14.4. The molecule has 0 unspecified atom stereocenters. The lowest BCUT2D eigenvalue weighted by Gasteiger charge is -2.24. The summed E-state index contributed by atoms with van der Waals surface area (Å²) in [6.07, 6.45) is 1.52. The van der Waals surface area contributed by atoms with Crippen LogP contribution < -0.4 is 10.6 Å². The third-order valence-corrected chi connectivity index (χ3v) is 3.47. The van der Waals surface area contributed by atoms with Crippen LogP contribution in [0.3, 0.4) is 0 Å². The smallest absolute Gasteiger partial charge is 0.318 e. The average molecular weight is 341 g/mol. The van der Waals surface area contributed by atoms with E-state index in [-0.39, 0.29) is 12.5 Å². The predicted molar refractivity (Wildman–Crippen MR) is 88.5 cm³/mol. The molecule has 0 saturated heterocycles. The molecule has 0 bridgehead atoms. The van der Waals surface area contributed by atoms with Crippen molar-refractivity contribution < 1.29 is 18.4 Å². The molecule has 0 aromatic heterocycles. The fraction of sp³-hybridized carbons (Fsp3) is 0.529. The maximum atomic E-state index is 13.3. The van der Waals surface area contributed by atoms with Crippen molar-refractivity contribution in [1.29, 1.82) is 0 Å². The second-order valence-corrected chi connectivity index (χ2v) is 5.62.